The van der Waals surface area contributed by atoms with Crippen molar-refractivity contribution < 1.29 is 19.4 Å². The largest absolute Gasteiger partial charge is 0.481 e. The number of aliphatic carboxylic acids is 1. The first kappa shape index (κ1) is 16.3. The van der Waals surface area contributed by atoms with E-state index in [2.05, 4.69) is 20.4 Å². The summed E-state index contributed by atoms with van der Waals surface area (Å²) < 4.78 is 6.78. The maximum atomic E-state index is 12.6. The van der Waals surface area contributed by atoms with Gasteiger partial charge in [-0.25, -0.2) is 9.50 Å². The van der Waals surface area contributed by atoms with Crippen LogP contribution in [0.1, 0.15) is 41.3 Å². The van der Waals surface area contributed by atoms with E-state index < -0.39 is 17.4 Å². The van der Waals surface area contributed by atoms with Gasteiger partial charge in [-0.15, -0.1) is 5.10 Å². The number of hydrogen-bond donors (Lipinski definition) is 2. The molecule has 0 unspecified atom stereocenters. The fourth-order valence-corrected chi connectivity index (χ4v) is 2.96. The molecular weight excluding hydrogens is 314 g/mol. The number of fused-ring (bicyclic) bond motifs is 1. The van der Waals surface area contributed by atoms with Gasteiger partial charge in [0.2, 0.25) is 5.82 Å². The van der Waals surface area contributed by atoms with Crippen molar-refractivity contribution in [2.75, 3.05) is 13.2 Å². The Balaban J connectivity index is 1.87. The highest BCUT2D eigenvalue weighted by Gasteiger charge is 2.37. The van der Waals surface area contributed by atoms with Crippen LogP contribution in [0.3, 0.4) is 0 Å². The summed E-state index contributed by atoms with van der Waals surface area (Å²) in [6.45, 7) is 4.51. The Hall–Kier alpha value is -2.55. The maximum absolute atomic E-state index is 12.6. The number of rotatable bonds is 4. The van der Waals surface area contributed by atoms with Gasteiger partial charge < -0.3 is 15.2 Å². The number of ether oxygens (including phenoxy) is 1. The highest BCUT2D eigenvalue weighted by atomic mass is 16.5. The van der Waals surface area contributed by atoms with Crippen LogP contribution < -0.4 is 5.32 Å². The molecule has 9 nitrogen and oxygen atoms in total. The van der Waals surface area contributed by atoms with E-state index in [0.29, 0.717) is 31.8 Å². The maximum Gasteiger partial charge on any atom is 0.305 e. The quantitative estimate of drug-likeness (QED) is 0.836. The van der Waals surface area contributed by atoms with Gasteiger partial charge in [-0.2, -0.15) is 4.98 Å². The number of carbonyl (C=O) groups excluding carboxylic acids is 1. The van der Waals surface area contributed by atoms with Crippen LogP contribution >= 0.6 is 0 Å². The van der Waals surface area contributed by atoms with E-state index >= 15 is 0 Å². The standard InChI is InChI=1S/C15H19N5O4/c1-9-7-10(2)20-14(16-9)17-12(19-20)13(23)18-15(8-11(21)22)3-5-24-6-4-15/h7H,3-6,8H2,1-2H3,(H,18,23)(H,21,22). The molecular formula is C15H19N5O4. The summed E-state index contributed by atoms with van der Waals surface area (Å²) in [6.07, 6.45) is 0.718. The molecule has 0 bridgehead atoms. The van der Waals surface area contributed by atoms with Gasteiger partial charge in [0.05, 0.1) is 12.0 Å². The first-order chi connectivity index (χ1) is 11.4. The van der Waals surface area contributed by atoms with Crippen molar-refractivity contribution in [2.45, 2.75) is 38.6 Å². The average molecular weight is 333 g/mol. The molecule has 0 saturated carbocycles. The zero-order valence-corrected chi connectivity index (χ0v) is 13.6. The summed E-state index contributed by atoms with van der Waals surface area (Å²) in [4.78, 5) is 32.1. The van der Waals surface area contributed by atoms with Crippen LogP contribution in [0.15, 0.2) is 6.07 Å². The van der Waals surface area contributed by atoms with Gasteiger partial charge in [0.15, 0.2) is 0 Å². The van der Waals surface area contributed by atoms with E-state index in [4.69, 9.17) is 9.84 Å². The van der Waals surface area contributed by atoms with Crippen LogP contribution in [0.2, 0.25) is 0 Å². The van der Waals surface area contributed by atoms with Crippen LogP contribution in [-0.2, 0) is 9.53 Å². The molecule has 2 aromatic heterocycles. The number of aromatic nitrogens is 4. The van der Waals surface area contributed by atoms with E-state index in [9.17, 15) is 9.59 Å². The molecule has 0 aliphatic carbocycles. The smallest absolute Gasteiger partial charge is 0.305 e. The number of aryl methyl sites for hydroxylation is 2. The average Bonchev–Trinajstić information content (AvgIpc) is 2.91. The van der Waals surface area contributed by atoms with E-state index in [-0.39, 0.29) is 12.2 Å². The lowest BCUT2D eigenvalue weighted by Gasteiger charge is -2.36. The third kappa shape index (κ3) is 3.21. The third-order valence-electron chi connectivity index (χ3n) is 4.14. The fourth-order valence-electron chi connectivity index (χ4n) is 2.96. The normalized spacial score (nSPS) is 16.9. The molecule has 24 heavy (non-hydrogen) atoms. The van der Waals surface area contributed by atoms with Gasteiger partial charge in [0, 0.05) is 24.6 Å². The Kier molecular flexibility index (Phi) is 4.18. The first-order valence-corrected chi connectivity index (χ1v) is 7.72. The number of hydrogen-bond acceptors (Lipinski definition) is 6. The fraction of sp³-hybridized carbons (Fsp3) is 0.533. The molecule has 2 N–H and O–H groups in total. The van der Waals surface area contributed by atoms with E-state index in [0.717, 1.165) is 11.4 Å². The lowest BCUT2D eigenvalue weighted by molar-refractivity contribution is -0.139. The molecule has 1 aliphatic heterocycles. The molecule has 3 rings (SSSR count). The number of carboxylic acids is 1. The molecule has 1 fully saturated rings. The Morgan fingerprint density at radius 1 is 1.33 bits per heavy atom. The van der Waals surface area contributed by atoms with Gasteiger partial charge in [-0.05, 0) is 32.8 Å². The predicted octanol–water partition coefficient (Wildman–Crippen LogP) is 0.495. The van der Waals surface area contributed by atoms with Gasteiger partial charge >= 0.3 is 5.97 Å². The molecule has 0 radical (unpaired) electrons. The third-order valence-corrected chi connectivity index (χ3v) is 4.14. The lowest BCUT2D eigenvalue weighted by atomic mass is 9.86. The Morgan fingerprint density at radius 2 is 2.04 bits per heavy atom. The highest BCUT2D eigenvalue weighted by Crippen LogP contribution is 2.25. The topological polar surface area (TPSA) is 119 Å². The molecule has 3 heterocycles. The second-order valence-electron chi connectivity index (χ2n) is 6.10. The van der Waals surface area contributed by atoms with Gasteiger partial charge in [0.25, 0.3) is 11.7 Å². The summed E-state index contributed by atoms with van der Waals surface area (Å²) in [6, 6.07) is 1.84. The number of nitrogens with one attached hydrogen (secondary N) is 1. The van der Waals surface area contributed by atoms with Crippen LogP contribution in [-0.4, -0.2) is 55.3 Å². The van der Waals surface area contributed by atoms with Gasteiger partial charge in [-0.1, -0.05) is 0 Å². The molecule has 1 amide bonds. The molecule has 2 aromatic rings. The number of carbonyl (C=O) groups is 2. The minimum Gasteiger partial charge on any atom is -0.481 e. The second kappa shape index (κ2) is 6.16. The number of nitrogens with zero attached hydrogens (tertiary/aromatic N) is 4. The second-order valence-corrected chi connectivity index (χ2v) is 6.10. The summed E-state index contributed by atoms with van der Waals surface area (Å²) in [5.74, 6) is -1.14. The number of amides is 1. The van der Waals surface area contributed by atoms with Crippen LogP contribution in [0, 0.1) is 13.8 Å². The monoisotopic (exact) mass is 333 g/mol. The Morgan fingerprint density at radius 3 is 2.71 bits per heavy atom. The Bertz CT molecular complexity index is 795. The van der Waals surface area contributed by atoms with Crippen molar-refractivity contribution in [2.24, 2.45) is 0 Å². The summed E-state index contributed by atoms with van der Waals surface area (Å²) in [5, 5.41) is 16.1. The summed E-state index contributed by atoms with van der Waals surface area (Å²) >= 11 is 0. The molecule has 0 spiro atoms. The minimum absolute atomic E-state index is 0.0209. The summed E-state index contributed by atoms with van der Waals surface area (Å²) in [5.41, 5.74) is 0.762. The minimum atomic E-state index is -0.965. The van der Waals surface area contributed by atoms with Crippen molar-refractivity contribution in [1.29, 1.82) is 0 Å². The zero-order valence-electron chi connectivity index (χ0n) is 13.6. The molecule has 1 aliphatic rings. The molecule has 0 aromatic carbocycles. The Labute approximate surface area is 138 Å². The van der Waals surface area contributed by atoms with Crippen LogP contribution in [0.4, 0.5) is 0 Å². The van der Waals surface area contributed by atoms with Crippen LogP contribution in [0.5, 0.6) is 0 Å². The van der Waals surface area contributed by atoms with Crippen molar-refractivity contribution in [3.63, 3.8) is 0 Å². The SMILES string of the molecule is Cc1cc(C)n2nc(C(=O)NC3(CC(=O)O)CCOCC3)nc2n1. The van der Waals surface area contributed by atoms with E-state index in [1.807, 2.05) is 19.9 Å². The van der Waals surface area contributed by atoms with Crippen LogP contribution in [0.25, 0.3) is 5.78 Å². The molecule has 128 valence electrons. The zero-order chi connectivity index (χ0) is 17.3. The highest BCUT2D eigenvalue weighted by molar-refractivity contribution is 5.91. The first-order valence-electron chi connectivity index (χ1n) is 7.72. The van der Waals surface area contributed by atoms with Crippen molar-refractivity contribution in [1.82, 2.24) is 24.9 Å². The van der Waals surface area contributed by atoms with E-state index in [1.54, 1.807) is 0 Å². The van der Waals surface area contributed by atoms with Crippen molar-refractivity contribution in [3.8, 4) is 0 Å². The van der Waals surface area contributed by atoms with Crippen molar-refractivity contribution in [3.05, 3.63) is 23.3 Å². The lowest BCUT2D eigenvalue weighted by Crippen LogP contribution is -2.53. The molecule has 0 atom stereocenters. The predicted molar refractivity (Wildman–Crippen MR) is 82.8 cm³/mol. The van der Waals surface area contributed by atoms with Crippen molar-refractivity contribution >= 4 is 17.7 Å². The van der Waals surface area contributed by atoms with Gasteiger partial charge in [-0.3, -0.25) is 9.59 Å². The van der Waals surface area contributed by atoms with Gasteiger partial charge in [0.1, 0.15) is 0 Å². The number of carboxylic acid groups (broad SMARTS) is 1. The molecule has 9 heteroatoms. The molecule has 1 saturated heterocycles. The summed E-state index contributed by atoms with van der Waals surface area (Å²) in [7, 11) is 0. The van der Waals surface area contributed by atoms with E-state index in [1.165, 1.54) is 4.52 Å².